The molecule has 1 amide bonds. The first kappa shape index (κ1) is 23.2. The molecule has 1 unspecified atom stereocenters. The largest absolute Gasteiger partial charge is 0.329 e. The second-order valence-corrected chi connectivity index (χ2v) is 11.0. The van der Waals surface area contributed by atoms with Crippen LogP contribution in [0.4, 0.5) is 0 Å². The lowest BCUT2D eigenvalue weighted by molar-refractivity contribution is 0.0498. The fourth-order valence-electron chi connectivity index (χ4n) is 4.54. The molecule has 8 heteroatoms. The summed E-state index contributed by atoms with van der Waals surface area (Å²) < 4.78 is 28.2. The van der Waals surface area contributed by atoms with E-state index < -0.39 is 10.0 Å². The van der Waals surface area contributed by atoms with Gasteiger partial charge in [0.15, 0.2) is 0 Å². The molecule has 2 fully saturated rings. The van der Waals surface area contributed by atoms with Crippen LogP contribution in [0.15, 0.2) is 53.4 Å². The van der Waals surface area contributed by atoms with Gasteiger partial charge in [0.25, 0.3) is 5.91 Å². The Morgan fingerprint density at radius 3 is 2.31 bits per heavy atom. The summed E-state index contributed by atoms with van der Waals surface area (Å²) in [6, 6.07) is 14.5. The van der Waals surface area contributed by atoms with Crippen LogP contribution in [0, 0.1) is 0 Å². The van der Waals surface area contributed by atoms with Crippen molar-refractivity contribution < 1.29 is 13.2 Å². The number of rotatable bonds is 4. The molecule has 172 valence electrons. The second kappa shape index (κ2) is 9.91. The molecule has 2 aromatic carbocycles. The highest BCUT2D eigenvalue weighted by Crippen LogP contribution is 2.31. The molecule has 2 heterocycles. The summed E-state index contributed by atoms with van der Waals surface area (Å²) in [5.41, 5.74) is 1.42. The fraction of sp³-hybridized carbons (Fsp3) is 0.458. The van der Waals surface area contributed by atoms with Crippen LogP contribution < -0.4 is 0 Å². The maximum absolute atomic E-state index is 13.6. The van der Waals surface area contributed by atoms with E-state index in [-0.39, 0.29) is 21.9 Å². The minimum Gasteiger partial charge on any atom is -0.329 e. The number of sulfonamides is 1. The van der Waals surface area contributed by atoms with E-state index in [1.807, 2.05) is 42.3 Å². The Morgan fingerprint density at radius 2 is 1.62 bits per heavy atom. The lowest BCUT2D eigenvalue weighted by atomic mass is 10.0. The van der Waals surface area contributed by atoms with E-state index in [9.17, 15) is 13.2 Å². The quantitative estimate of drug-likeness (QED) is 0.669. The summed E-state index contributed by atoms with van der Waals surface area (Å²) in [7, 11) is -1.71. The fourth-order valence-corrected chi connectivity index (χ4v) is 6.56. The van der Waals surface area contributed by atoms with Gasteiger partial charge in [0.2, 0.25) is 10.0 Å². The van der Waals surface area contributed by atoms with Gasteiger partial charge in [-0.05, 0) is 43.7 Å². The van der Waals surface area contributed by atoms with Crippen molar-refractivity contribution in [2.24, 2.45) is 0 Å². The molecule has 0 aliphatic carbocycles. The molecular weight excluding hydrogens is 446 g/mol. The maximum atomic E-state index is 13.6. The van der Waals surface area contributed by atoms with E-state index >= 15 is 0 Å². The Balaban J connectivity index is 1.65. The molecule has 6 nitrogen and oxygen atoms in total. The number of halogens is 1. The normalized spacial score (nSPS) is 21.3. The van der Waals surface area contributed by atoms with Crippen LogP contribution in [0.2, 0.25) is 5.02 Å². The van der Waals surface area contributed by atoms with Crippen LogP contribution in [0.25, 0.3) is 0 Å². The SMILES string of the molecule is CN1CCN(C(=O)c2ccc(Cl)c(S(=O)(=O)N3CCCCCC3)c2)C(c2ccccc2)C1. The lowest BCUT2D eigenvalue weighted by Gasteiger charge is -2.40. The molecule has 2 aromatic rings. The third-order valence-electron chi connectivity index (χ3n) is 6.39. The number of hydrogen-bond donors (Lipinski definition) is 0. The zero-order valence-electron chi connectivity index (χ0n) is 18.4. The van der Waals surface area contributed by atoms with E-state index in [1.165, 1.54) is 16.4 Å². The first-order valence-corrected chi connectivity index (χ1v) is 13.0. The molecule has 0 saturated carbocycles. The summed E-state index contributed by atoms with van der Waals surface area (Å²) in [4.78, 5) is 17.6. The third-order valence-corrected chi connectivity index (χ3v) is 8.77. The van der Waals surface area contributed by atoms with E-state index in [2.05, 4.69) is 4.90 Å². The van der Waals surface area contributed by atoms with E-state index in [4.69, 9.17) is 11.6 Å². The monoisotopic (exact) mass is 475 g/mol. The van der Waals surface area contributed by atoms with Crippen LogP contribution in [-0.2, 0) is 10.0 Å². The minimum atomic E-state index is -3.75. The van der Waals surface area contributed by atoms with Crippen molar-refractivity contribution in [3.05, 3.63) is 64.7 Å². The van der Waals surface area contributed by atoms with Gasteiger partial charge in [0.05, 0.1) is 11.1 Å². The zero-order valence-corrected chi connectivity index (χ0v) is 20.0. The summed E-state index contributed by atoms with van der Waals surface area (Å²) in [6.07, 6.45) is 3.75. The zero-order chi connectivity index (χ0) is 22.7. The Morgan fingerprint density at radius 1 is 0.938 bits per heavy atom. The Labute approximate surface area is 195 Å². The van der Waals surface area contributed by atoms with Crippen molar-refractivity contribution in [3.63, 3.8) is 0 Å². The highest BCUT2D eigenvalue weighted by molar-refractivity contribution is 7.89. The molecule has 1 atom stereocenters. The van der Waals surface area contributed by atoms with E-state index in [0.29, 0.717) is 25.2 Å². The Hall–Kier alpha value is -1.93. The van der Waals surface area contributed by atoms with Gasteiger partial charge in [0, 0.05) is 38.3 Å². The summed E-state index contributed by atoms with van der Waals surface area (Å²) >= 11 is 6.34. The molecule has 0 aromatic heterocycles. The Kier molecular flexibility index (Phi) is 7.20. The number of likely N-dealkylation sites (N-methyl/N-ethyl adjacent to an activating group) is 1. The van der Waals surface area contributed by atoms with Gasteiger partial charge in [-0.3, -0.25) is 4.79 Å². The van der Waals surface area contributed by atoms with Gasteiger partial charge in [-0.1, -0.05) is 54.8 Å². The first-order valence-electron chi connectivity index (χ1n) is 11.2. The molecule has 4 rings (SSSR count). The van der Waals surface area contributed by atoms with Crippen LogP contribution in [0.3, 0.4) is 0 Å². The van der Waals surface area contributed by atoms with Crippen LogP contribution >= 0.6 is 11.6 Å². The van der Waals surface area contributed by atoms with Crippen molar-refractivity contribution in [1.82, 2.24) is 14.1 Å². The summed E-state index contributed by atoms with van der Waals surface area (Å²) in [6.45, 7) is 3.05. The molecule has 0 radical (unpaired) electrons. The molecule has 32 heavy (non-hydrogen) atoms. The van der Waals surface area contributed by atoms with Crippen LogP contribution in [-0.4, -0.2) is 68.2 Å². The highest BCUT2D eigenvalue weighted by Gasteiger charge is 2.33. The van der Waals surface area contributed by atoms with Gasteiger partial charge >= 0.3 is 0 Å². The minimum absolute atomic E-state index is 0.0253. The first-order chi connectivity index (χ1) is 15.4. The second-order valence-electron chi connectivity index (χ2n) is 8.65. The summed E-state index contributed by atoms with van der Waals surface area (Å²) in [5, 5.41) is 0.156. The van der Waals surface area contributed by atoms with E-state index in [1.54, 1.807) is 6.07 Å². The molecule has 2 aliphatic rings. The molecule has 0 N–H and O–H groups in total. The third kappa shape index (κ3) is 4.86. The molecule has 0 bridgehead atoms. The number of amides is 1. The predicted molar refractivity (Wildman–Crippen MR) is 126 cm³/mol. The van der Waals surface area contributed by atoms with E-state index in [0.717, 1.165) is 44.3 Å². The molecule has 2 aliphatic heterocycles. The predicted octanol–water partition coefficient (Wildman–Crippen LogP) is 4.03. The van der Waals surface area contributed by atoms with Gasteiger partial charge in [0.1, 0.15) is 4.90 Å². The average molecular weight is 476 g/mol. The number of piperazine rings is 1. The summed E-state index contributed by atoms with van der Waals surface area (Å²) in [5.74, 6) is -0.170. The lowest BCUT2D eigenvalue weighted by Crippen LogP contribution is -2.49. The molecule has 2 saturated heterocycles. The van der Waals surface area contributed by atoms with Crippen LogP contribution in [0.5, 0.6) is 0 Å². The van der Waals surface area contributed by atoms with Crippen molar-refractivity contribution in [3.8, 4) is 0 Å². The Bertz CT molecular complexity index is 1050. The molecular formula is C24H30ClN3O3S. The van der Waals surface area contributed by atoms with Crippen molar-refractivity contribution in [2.45, 2.75) is 36.6 Å². The number of hydrogen-bond acceptors (Lipinski definition) is 4. The molecule has 0 spiro atoms. The van der Waals surface area contributed by atoms with Gasteiger partial charge in [-0.25, -0.2) is 8.42 Å². The maximum Gasteiger partial charge on any atom is 0.254 e. The van der Waals surface area contributed by atoms with Crippen LogP contribution in [0.1, 0.15) is 47.6 Å². The van der Waals surface area contributed by atoms with Gasteiger partial charge < -0.3 is 9.80 Å². The standard InChI is InChI=1S/C24H30ClN3O3S/c1-26-15-16-28(22(18-26)19-9-5-4-6-10-19)24(29)20-11-12-21(25)23(17-20)32(30,31)27-13-7-2-3-8-14-27/h4-6,9-12,17,22H,2-3,7-8,13-16,18H2,1H3. The highest BCUT2D eigenvalue weighted by atomic mass is 35.5. The number of benzene rings is 2. The number of carbonyl (C=O) groups excluding carboxylic acids is 1. The van der Waals surface area contributed by atoms with Crippen molar-refractivity contribution in [2.75, 3.05) is 39.8 Å². The van der Waals surface area contributed by atoms with Gasteiger partial charge in [-0.15, -0.1) is 0 Å². The topological polar surface area (TPSA) is 60.9 Å². The smallest absolute Gasteiger partial charge is 0.254 e. The van der Waals surface area contributed by atoms with Crippen molar-refractivity contribution in [1.29, 1.82) is 0 Å². The average Bonchev–Trinajstić information content (AvgIpc) is 3.10. The number of nitrogens with zero attached hydrogens (tertiary/aromatic N) is 3. The van der Waals surface area contributed by atoms with Crippen molar-refractivity contribution >= 4 is 27.5 Å². The van der Waals surface area contributed by atoms with Gasteiger partial charge in [-0.2, -0.15) is 4.31 Å². The number of carbonyl (C=O) groups is 1.